The van der Waals surface area contributed by atoms with E-state index in [9.17, 15) is 4.79 Å². The van der Waals surface area contributed by atoms with Crippen LogP contribution in [0.15, 0.2) is 53.3 Å². The molecule has 0 bridgehead atoms. The summed E-state index contributed by atoms with van der Waals surface area (Å²) in [5.41, 5.74) is 3.71. The second-order valence-electron chi connectivity index (χ2n) is 4.12. The van der Waals surface area contributed by atoms with Crippen LogP contribution in [0, 0.1) is 6.92 Å². The van der Waals surface area contributed by atoms with Gasteiger partial charge in [-0.1, -0.05) is 24.3 Å². The first kappa shape index (κ1) is 9.90. The van der Waals surface area contributed by atoms with Crippen LogP contribution in [0.25, 0.3) is 16.7 Å². The van der Waals surface area contributed by atoms with Gasteiger partial charge in [0.15, 0.2) is 0 Å². The average molecular weight is 224 g/mol. The number of hydrogen-bond donors (Lipinski definition) is 1. The number of rotatable bonds is 1. The summed E-state index contributed by atoms with van der Waals surface area (Å²) in [6.45, 7) is 2.02. The molecule has 0 atom stereocenters. The molecule has 0 saturated carbocycles. The Morgan fingerprint density at radius 3 is 2.59 bits per heavy atom. The van der Waals surface area contributed by atoms with Crippen molar-refractivity contribution in [2.45, 2.75) is 6.92 Å². The Balaban J connectivity index is 2.40. The Hall–Kier alpha value is -2.29. The molecule has 3 rings (SSSR count). The first-order valence-corrected chi connectivity index (χ1v) is 5.52. The lowest BCUT2D eigenvalue weighted by Crippen LogP contribution is -2.14. The number of benzene rings is 2. The van der Waals surface area contributed by atoms with Gasteiger partial charge in [-0.05, 0) is 36.8 Å². The van der Waals surface area contributed by atoms with Crippen LogP contribution in [0.5, 0.6) is 0 Å². The molecule has 0 radical (unpaired) electrons. The quantitative estimate of drug-likeness (QED) is 0.678. The van der Waals surface area contributed by atoms with Crippen molar-refractivity contribution in [3.8, 4) is 5.69 Å². The predicted molar refractivity (Wildman–Crippen MR) is 68.6 cm³/mol. The Labute approximate surface area is 98.3 Å². The molecule has 0 fully saturated rings. The molecule has 3 heteroatoms. The molecule has 0 spiro atoms. The van der Waals surface area contributed by atoms with Gasteiger partial charge in [-0.15, -0.1) is 0 Å². The van der Waals surface area contributed by atoms with Crippen LogP contribution in [0.3, 0.4) is 0 Å². The van der Waals surface area contributed by atoms with Crippen molar-refractivity contribution < 1.29 is 0 Å². The number of aryl methyl sites for hydroxylation is 1. The third kappa shape index (κ3) is 1.56. The number of fused-ring (bicyclic) bond motifs is 1. The third-order valence-corrected chi connectivity index (χ3v) is 2.85. The molecule has 0 amide bonds. The molecular weight excluding hydrogens is 212 g/mol. The number of aromatic nitrogens is 2. The molecule has 1 aromatic heterocycles. The molecular formula is C14H12N2O. The lowest BCUT2D eigenvalue weighted by molar-refractivity contribution is 1.02. The summed E-state index contributed by atoms with van der Waals surface area (Å²) in [7, 11) is 0. The van der Waals surface area contributed by atoms with Crippen molar-refractivity contribution in [1.29, 1.82) is 0 Å². The summed E-state index contributed by atoms with van der Waals surface area (Å²) >= 11 is 0. The van der Waals surface area contributed by atoms with Gasteiger partial charge in [0, 0.05) is 0 Å². The van der Waals surface area contributed by atoms with Gasteiger partial charge in [0.05, 0.1) is 16.7 Å². The summed E-state index contributed by atoms with van der Waals surface area (Å²) in [5, 5.41) is 0. The predicted octanol–water partition coefficient (Wildman–Crippen LogP) is 2.63. The van der Waals surface area contributed by atoms with Crippen molar-refractivity contribution in [3.63, 3.8) is 0 Å². The van der Waals surface area contributed by atoms with E-state index < -0.39 is 0 Å². The Bertz CT molecular complexity index is 723. The van der Waals surface area contributed by atoms with Crippen molar-refractivity contribution in [3.05, 3.63) is 64.6 Å². The lowest BCUT2D eigenvalue weighted by Gasteiger charge is -2.02. The number of H-pyrrole nitrogens is 1. The third-order valence-electron chi connectivity index (χ3n) is 2.85. The minimum Gasteiger partial charge on any atom is -0.305 e. The number of aromatic amines is 1. The van der Waals surface area contributed by atoms with Crippen molar-refractivity contribution in [2.24, 2.45) is 0 Å². The smallest absolute Gasteiger partial charge is 0.305 e. The highest BCUT2D eigenvalue weighted by atomic mass is 16.1. The second kappa shape index (κ2) is 3.63. The highest BCUT2D eigenvalue weighted by Crippen LogP contribution is 2.16. The maximum absolute atomic E-state index is 12.0. The molecule has 3 aromatic rings. The highest BCUT2D eigenvalue weighted by molar-refractivity contribution is 5.78. The molecule has 0 unspecified atom stereocenters. The molecule has 0 saturated heterocycles. The monoisotopic (exact) mass is 224 g/mol. The SMILES string of the molecule is Cc1ccc2[nH]c(=O)n(-c3ccccc3)c2c1. The van der Waals surface area contributed by atoms with E-state index in [1.54, 1.807) is 4.57 Å². The van der Waals surface area contributed by atoms with E-state index >= 15 is 0 Å². The van der Waals surface area contributed by atoms with Crippen LogP contribution >= 0.6 is 0 Å². The maximum Gasteiger partial charge on any atom is 0.331 e. The van der Waals surface area contributed by atoms with Crippen LogP contribution in [0.4, 0.5) is 0 Å². The topological polar surface area (TPSA) is 37.8 Å². The Morgan fingerprint density at radius 1 is 1.06 bits per heavy atom. The molecule has 84 valence electrons. The molecule has 0 aliphatic rings. The van der Waals surface area contributed by atoms with Crippen molar-refractivity contribution in [1.82, 2.24) is 9.55 Å². The fourth-order valence-corrected chi connectivity index (χ4v) is 2.05. The molecule has 0 aliphatic heterocycles. The summed E-state index contributed by atoms with van der Waals surface area (Å²) < 4.78 is 1.70. The Kier molecular flexibility index (Phi) is 2.11. The summed E-state index contributed by atoms with van der Waals surface area (Å²) in [5.74, 6) is 0. The maximum atomic E-state index is 12.0. The molecule has 1 N–H and O–H groups in total. The highest BCUT2D eigenvalue weighted by Gasteiger charge is 2.07. The van der Waals surface area contributed by atoms with E-state index in [4.69, 9.17) is 0 Å². The molecule has 1 heterocycles. The number of para-hydroxylation sites is 1. The molecule has 2 aromatic carbocycles. The number of hydrogen-bond acceptors (Lipinski definition) is 1. The van der Waals surface area contributed by atoms with Crippen LogP contribution < -0.4 is 5.69 Å². The first-order chi connectivity index (χ1) is 8.25. The van der Waals surface area contributed by atoms with Gasteiger partial charge in [0.1, 0.15) is 0 Å². The molecule has 3 nitrogen and oxygen atoms in total. The largest absolute Gasteiger partial charge is 0.331 e. The fourth-order valence-electron chi connectivity index (χ4n) is 2.05. The zero-order valence-corrected chi connectivity index (χ0v) is 9.47. The van der Waals surface area contributed by atoms with Gasteiger partial charge in [0.2, 0.25) is 0 Å². The van der Waals surface area contributed by atoms with Gasteiger partial charge in [-0.2, -0.15) is 0 Å². The van der Waals surface area contributed by atoms with Crippen molar-refractivity contribution >= 4 is 11.0 Å². The van der Waals surface area contributed by atoms with Gasteiger partial charge in [-0.25, -0.2) is 4.79 Å². The van der Waals surface area contributed by atoms with Crippen LogP contribution in [-0.2, 0) is 0 Å². The first-order valence-electron chi connectivity index (χ1n) is 5.52. The zero-order valence-electron chi connectivity index (χ0n) is 9.47. The van der Waals surface area contributed by atoms with Gasteiger partial charge in [-0.3, -0.25) is 4.57 Å². The second-order valence-corrected chi connectivity index (χ2v) is 4.12. The average Bonchev–Trinajstić information content (AvgIpc) is 2.65. The number of nitrogens with zero attached hydrogens (tertiary/aromatic N) is 1. The van der Waals surface area contributed by atoms with Gasteiger partial charge < -0.3 is 4.98 Å². The fraction of sp³-hybridized carbons (Fsp3) is 0.0714. The molecule has 0 aliphatic carbocycles. The summed E-state index contributed by atoms with van der Waals surface area (Å²) in [6, 6.07) is 15.6. The van der Waals surface area contributed by atoms with E-state index in [-0.39, 0.29) is 5.69 Å². The standard InChI is InChI=1S/C14H12N2O/c1-10-7-8-12-13(9-10)16(14(17)15-12)11-5-3-2-4-6-11/h2-9H,1H3,(H,15,17). The number of imidazole rings is 1. The van der Waals surface area contributed by atoms with Crippen LogP contribution in [0.1, 0.15) is 5.56 Å². The van der Waals surface area contributed by atoms with E-state index in [2.05, 4.69) is 4.98 Å². The molecule has 17 heavy (non-hydrogen) atoms. The zero-order chi connectivity index (χ0) is 11.8. The summed E-state index contributed by atoms with van der Waals surface area (Å²) in [6.07, 6.45) is 0. The normalized spacial score (nSPS) is 10.9. The minimum atomic E-state index is -0.100. The van der Waals surface area contributed by atoms with Gasteiger partial charge >= 0.3 is 5.69 Å². The van der Waals surface area contributed by atoms with Crippen LogP contribution in [0.2, 0.25) is 0 Å². The Morgan fingerprint density at radius 2 is 1.82 bits per heavy atom. The lowest BCUT2D eigenvalue weighted by atomic mass is 10.2. The van der Waals surface area contributed by atoms with Crippen molar-refractivity contribution in [2.75, 3.05) is 0 Å². The van der Waals surface area contributed by atoms with E-state index in [1.165, 1.54) is 0 Å². The van der Waals surface area contributed by atoms with E-state index in [0.29, 0.717) is 0 Å². The number of nitrogens with one attached hydrogen (secondary N) is 1. The van der Waals surface area contributed by atoms with Crippen LogP contribution in [-0.4, -0.2) is 9.55 Å². The summed E-state index contributed by atoms with van der Waals surface area (Å²) in [4.78, 5) is 14.8. The van der Waals surface area contributed by atoms with E-state index in [1.807, 2.05) is 55.5 Å². The van der Waals surface area contributed by atoms with Gasteiger partial charge in [0.25, 0.3) is 0 Å². The minimum absolute atomic E-state index is 0.100. The van der Waals surface area contributed by atoms with E-state index in [0.717, 1.165) is 22.3 Å².